The number of rotatable bonds is 15. The molecule has 2 aromatic heterocycles. The summed E-state index contributed by atoms with van der Waals surface area (Å²) in [5.41, 5.74) is 10.0. The number of carbonyl (C=O) groups excluding carboxylic acids is 1. The molecule has 0 bridgehead atoms. The first-order chi connectivity index (χ1) is 19.0. The number of nitrogen functional groups attached to an aromatic ring is 1. The lowest BCUT2D eigenvalue weighted by Crippen LogP contribution is -2.56. The SMILES string of the molecule is NCCCCCCC(CC(Cl)C(=O)O)(NC(=O)c1ccc(NCc2cnc3nc(N)[nH]c(=O)c3n2)cc1)C(=O)O. The number of alkyl halides is 1. The third-order valence-electron chi connectivity index (χ3n) is 6.22. The molecule has 1 amide bonds. The van der Waals surface area contributed by atoms with Crippen LogP contribution in [0, 0.1) is 0 Å². The van der Waals surface area contributed by atoms with Gasteiger partial charge in [0.2, 0.25) is 5.95 Å². The van der Waals surface area contributed by atoms with E-state index in [9.17, 15) is 29.4 Å². The smallest absolute Gasteiger partial charge is 0.329 e. The Morgan fingerprint density at radius 1 is 1.07 bits per heavy atom. The van der Waals surface area contributed by atoms with Gasteiger partial charge in [-0.1, -0.05) is 19.3 Å². The first-order valence-corrected chi connectivity index (χ1v) is 13.0. The number of aromatic nitrogens is 4. The van der Waals surface area contributed by atoms with Gasteiger partial charge in [0.25, 0.3) is 11.5 Å². The number of aliphatic carboxylic acids is 2. The predicted octanol–water partition coefficient (Wildman–Crippen LogP) is 1.45. The molecule has 3 rings (SSSR count). The molecule has 40 heavy (non-hydrogen) atoms. The molecule has 0 aliphatic heterocycles. The van der Waals surface area contributed by atoms with Crippen molar-refractivity contribution in [1.82, 2.24) is 25.3 Å². The van der Waals surface area contributed by atoms with E-state index in [4.69, 9.17) is 23.1 Å². The number of hydrogen-bond acceptors (Lipinski definition) is 10. The van der Waals surface area contributed by atoms with Crippen LogP contribution in [0.3, 0.4) is 0 Å². The molecule has 1 aromatic carbocycles. The van der Waals surface area contributed by atoms with E-state index >= 15 is 0 Å². The van der Waals surface area contributed by atoms with E-state index in [2.05, 4.69) is 30.6 Å². The van der Waals surface area contributed by atoms with Crippen LogP contribution in [-0.4, -0.2) is 65.5 Å². The van der Waals surface area contributed by atoms with Gasteiger partial charge in [0.1, 0.15) is 10.9 Å². The summed E-state index contributed by atoms with van der Waals surface area (Å²) in [6.07, 6.45) is 3.63. The van der Waals surface area contributed by atoms with E-state index in [-0.39, 0.29) is 35.6 Å². The second-order valence-corrected chi connectivity index (χ2v) is 9.75. The zero-order valence-corrected chi connectivity index (χ0v) is 22.3. The third-order valence-corrected chi connectivity index (χ3v) is 6.56. The van der Waals surface area contributed by atoms with E-state index in [0.29, 0.717) is 30.8 Å². The fourth-order valence-corrected chi connectivity index (χ4v) is 4.32. The highest BCUT2D eigenvalue weighted by Gasteiger charge is 2.43. The summed E-state index contributed by atoms with van der Waals surface area (Å²) < 4.78 is 0. The Hall–Kier alpha value is -4.30. The van der Waals surface area contributed by atoms with Gasteiger partial charge in [0.15, 0.2) is 11.2 Å². The highest BCUT2D eigenvalue weighted by atomic mass is 35.5. The van der Waals surface area contributed by atoms with Gasteiger partial charge in [0, 0.05) is 17.7 Å². The minimum atomic E-state index is -1.87. The van der Waals surface area contributed by atoms with Crippen LogP contribution in [0.2, 0.25) is 0 Å². The summed E-state index contributed by atoms with van der Waals surface area (Å²) in [5, 5.41) is 23.4. The lowest BCUT2D eigenvalue weighted by Gasteiger charge is -2.31. The molecule has 0 saturated heterocycles. The Kier molecular flexibility index (Phi) is 10.3. The molecule has 0 aliphatic rings. The van der Waals surface area contributed by atoms with Crippen molar-refractivity contribution in [2.75, 3.05) is 17.6 Å². The number of carboxylic acid groups (broad SMARTS) is 2. The largest absolute Gasteiger partial charge is 0.480 e. The van der Waals surface area contributed by atoms with Crippen molar-refractivity contribution in [2.45, 2.75) is 56.0 Å². The quantitative estimate of drug-likeness (QED) is 0.101. The molecule has 0 saturated carbocycles. The van der Waals surface area contributed by atoms with Crippen molar-refractivity contribution in [3.8, 4) is 0 Å². The van der Waals surface area contributed by atoms with Crippen LogP contribution in [0.15, 0.2) is 35.3 Å². The topological polar surface area (TPSA) is 239 Å². The first-order valence-electron chi connectivity index (χ1n) is 12.5. The van der Waals surface area contributed by atoms with Crippen molar-refractivity contribution in [2.24, 2.45) is 5.73 Å². The molecular weight excluding hydrogens is 544 g/mol. The second kappa shape index (κ2) is 13.7. The van der Waals surface area contributed by atoms with Gasteiger partial charge < -0.3 is 32.3 Å². The highest BCUT2D eigenvalue weighted by Crippen LogP contribution is 2.26. The number of nitrogens with two attached hydrogens (primary N) is 2. The molecule has 214 valence electrons. The minimum Gasteiger partial charge on any atom is -0.480 e. The molecule has 0 spiro atoms. The number of benzene rings is 1. The van der Waals surface area contributed by atoms with Gasteiger partial charge >= 0.3 is 11.9 Å². The summed E-state index contributed by atoms with van der Waals surface area (Å²) in [7, 11) is 0. The fraction of sp³-hybridized carbons (Fsp3) is 0.400. The van der Waals surface area contributed by atoms with Crippen LogP contribution >= 0.6 is 11.6 Å². The average Bonchev–Trinajstić information content (AvgIpc) is 2.91. The number of aromatic amines is 1. The van der Waals surface area contributed by atoms with E-state index in [1.807, 2.05) is 0 Å². The molecule has 14 nitrogen and oxygen atoms in total. The maximum absolute atomic E-state index is 13.1. The Morgan fingerprint density at radius 2 is 1.77 bits per heavy atom. The maximum Gasteiger partial charge on any atom is 0.329 e. The van der Waals surface area contributed by atoms with E-state index in [0.717, 1.165) is 12.8 Å². The monoisotopic (exact) mass is 574 g/mol. The number of H-pyrrole nitrogens is 1. The summed E-state index contributed by atoms with van der Waals surface area (Å²) in [5.74, 6) is -3.48. The van der Waals surface area contributed by atoms with Crippen molar-refractivity contribution in [3.05, 3.63) is 52.1 Å². The van der Waals surface area contributed by atoms with Crippen molar-refractivity contribution >= 4 is 52.2 Å². The lowest BCUT2D eigenvalue weighted by molar-refractivity contribution is -0.146. The number of nitrogens with zero attached hydrogens (tertiary/aromatic N) is 3. The summed E-state index contributed by atoms with van der Waals surface area (Å²) in [6, 6.07) is 6.19. The van der Waals surface area contributed by atoms with E-state index < -0.39 is 40.7 Å². The van der Waals surface area contributed by atoms with Gasteiger partial charge in [-0.05, 0) is 43.7 Å². The number of nitrogens with one attached hydrogen (secondary N) is 3. The standard InChI is InChI=1S/C25H31ClN8O6/c26-17(22(37)38)11-25(23(39)40,9-3-1-2-4-10-27)34-20(35)14-5-7-15(8-6-14)29-12-16-13-30-19-18(31-16)21(36)33-24(28)32-19/h5-8,13,17,29H,1-4,9-12,27H2,(H,34,35)(H,37,38)(H,39,40)(H3,28,30,32,33,36). The number of halogens is 1. The Balaban J connectivity index is 1.70. The fourth-order valence-electron chi connectivity index (χ4n) is 4.06. The maximum atomic E-state index is 13.1. The molecular formula is C25H31ClN8O6. The van der Waals surface area contributed by atoms with Crippen LogP contribution in [0.25, 0.3) is 11.2 Å². The Morgan fingerprint density at radius 3 is 2.42 bits per heavy atom. The van der Waals surface area contributed by atoms with Gasteiger partial charge in [-0.2, -0.15) is 4.98 Å². The molecule has 3 aromatic rings. The minimum absolute atomic E-state index is 0.00647. The van der Waals surface area contributed by atoms with Crippen LogP contribution in [-0.2, 0) is 16.1 Å². The lowest BCUT2D eigenvalue weighted by atomic mass is 9.86. The second-order valence-electron chi connectivity index (χ2n) is 9.22. The molecule has 0 aliphatic carbocycles. The zero-order valence-electron chi connectivity index (χ0n) is 21.5. The summed E-state index contributed by atoms with van der Waals surface area (Å²) in [6.45, 7) is 0.716. The Labute approximate surface area is 233 Å². The number of carboxylic acids is 2. The number of hydrogen-bond donors (Lipinski definition) is 7. The van der Waals surface area contributed by atoms with Crippen molar-refractivity contribution in [3.63, 3.8) is 0 Å². The van der Waals surface area contributed by atoms with Crippen LogP contribution < -0.4 is 27.7 Å². The predicted molar refractivity (Wildman–Crippen MR) is 148 cm³/mol. The highest BCUT2D eigenvalue weighted by molar-refractivity contribution is 6.29. The normalized spacial score (nSPS) is 13.3. The number of anilines is 2. The van der Waals surface area contributed by atoms with Gasteiger partial charge in [-0.15, -0.1) is 11.6 Å². The summed E-state index contributed by atoms with van der Waals surface area (Å²) in [4.78, 5) is 63.4. The first kappa shape index (κ1) is 30.2. The molecule has 9 N–H and O–H groups in total. The van der Waals surface area contributed by atoms with E-state index in [1.165, 1.54) is 18.3 Å². The van der Waals surface area contributed by atoms with Crippen LogP contribution in [0.1, 0.15) is 54.6 Å². The van der Waals surface area contributed by atoms with Crippen molar-refractivity contribution < 1.29 is 24.6 Å². The number of unbranched alkanes of at least 4 members (excludes halogenated alkanes) is 3. The molecule has 2 unspecified atom stereocenters. The number of fused-ring (bicyclic) bond motifs is 1. The third kappa shape index (κ3) is 7.86. The average molecular weight is 575 g/mol. The van der Waals surface area contributed by atoms with Gasteiger partial charge in [-0.25, -0.2) is 14.8 Å². The number of amides is 1. The van der Waals surface area contributed by atoms with Gasteiger partial charge in [0.05, 0.1) is 18.4 Å². The van der Waals surface area contributed by atoms with Crippen LogP contribution in [0.4, 0.5) is 11.6 Å². The van der Waals surface area contributed by atoms with Gasteiger partial charge in [-0.3, -0.25) is 19.4 Å². The molecule has 2 atom stereocenters. The molecule has 0 radical (unpaired) electrons. The Bertz CT molecular complexity index is 1420. The van der Waals surface area contributed by atoms with E-state index in [1.54, 1.807) is 12.1 Å². The van der Waals surface area contributed by atoms with Crippen LogP contribution in [0.5, 0.6) is 0 Å². The zero-order chi connectivity index (χ0) is 29.3. The molecule has 15 heteroatoms. The molecule has 2 heterocycles. The van der Waals surface area contributed by atoms with Crippen molar-refractivity contribution in [1.29, 1.82) is 0 Å². The number of carbonyl (C=O) groups is 3. The summed E-state index contributed by atoms with van der Waals surface area (Å²) >= 11 is 5.91. The molecule has 0 fully saturated rings.